The second-order valence-electron chi connectivity index (χ2n) is 5.10. The summed E-state index contributed by atoms with van der Waals surface area (Å²) in [7, 11) is 0. The van der Waals surface area contributed by atoms with Crippen LogP contribution < -0.4 is 10.5 Å². The number of anilines is 1. The van der Waals surface area contributed by atoms with Crippen molar-refractivity contribution in [2.75, 3.05) is 5.73 Å². The first-order valence-electron chi connectivity index (χ1n) is 6.75. The molecular weight excluding hydrogens is 330 g/mol. The molecule has 0 unspecified atom stereocenters. The number of hydrogen-bond acceptors (Lipinski definition) is 3. The van der Waals surface area contributed by atoms with E-state index >= 15 is 0 Å². The van der Waals surface area contributed by atoms with Gasteiger partial charge in [0.2, 0.25) is 5.95 Å². The number of benzene rings is 2. The third-order valence-electron chi connectivity index (χ3n) is 3.11. The summed E-state index contributed by atoms with van der Waals surface area (Å²) in [6.45, 7) is 4.01. The van der Waals surface area contributed by atoms with E-state index in [0.29, 0.717) is 5.95 Å². The minimum absolute atomic E-state index is 0.158. The molecule has 4 nitrogen and oxygen atoms in total. The maximum atomic E-state index is 6.06. The number of nitrogens with zero attached hydrogens (tertiary/aromatic N) is 2. The Kier molecular flexibility index (Phi) is 3.59. The average Bonchev–Trinajstić information content (AvgIpc) is 2.74. The second-order valence-corrected chi connectivity index (χ2v) is 6.01. The molecule has 0 aliphatic heterocycles. The van der Waals surface area contributed by atoms with Gasteiger partial charge in [-0.05, 0) is 56.3 Å². The van der Waals surface area contributed by atoms with Crippen molar-refractivity contribution in [3.8, 4) is 11.4 Å². The van der Waals surface area contributed by atoms with E-state index in [2.05, 4.69) is 20.9 Å². The van der Waals surface area contributed by atoms with Gasteiger partial charge in [-0.3, -0.25) is 4.57 Å². The normalized spacial score (nSPS) is 11.2. The molecule has 5 heteroatoms. The van der Waals surface area contributed by atoms with Crippen molar-refractivity contribution in [3.05, 3.63) is 46.9 Å². The molecule has 0 fully saturated rings. The van der Waals surface area contributed by atoms with Crippen molar-refractivity contribution in [2.24, 2.45) is 0 Å². The number of ether oxygens (including phenoxy) is 1. The lowest BCUT2D eigenvalue weighted by atomic mass is 10.2. The number of imidazole rings is 1. The maximum Gasteiger partial charge on any atom is 0.205 e. The standard InChI is InChI=1S/C16H16BrN3O/c1-10(2)21-13-6-4-12(5-7-13)20-15-9-11(17)3-8-14(15)19-16(20)18/h3-10H,1-2H3,(H2,18,19). The fourth-order valence-corrected chi connectivity index (χ4v) is 2.63. The van der Waals surface area contributed by atoms with E-state index in [0.717, 1.165) is 26.9 Å². The number of fused-ring (bicyclic) bond motifs is 1. The number of nitrogen functional groups attached to an aromatic ring is 1. The van der Waals surface area contributed by atoms with Crippen molar-refractivity contribution in [1.82, 2.24) is 9.55 Å². The Bertz CT molecular complexity index is 778. The molecule has 2 aromatic carbocycles. The van der Waals surface area contributed by atoms with Gasteiger partial charge in [-0.2, -0.15) is 0 Å². The first-order valence-corrected chi connectivity index (χ1v) is 7.54. The third kappa shape index (κ3) is 2.74. The molecule has 108 valence electrons. The molecule has 0 radical (unpaired) electrons. The van der Waals surface area contributed by atoms with Crippen LogP contribution in [0.5, 0.6) is 5.75 Å². The van der Waals surface area contributed by atoms with Gasteiger partial charge in [-0.1, -0.05) is 15.9 Å². The van der Waals surface area contributed by atoms with Crippen LogP contribution in [0.3, 0.4) is 0 Å². The molecule has 1 aromatic heterocycles. The van der Waals surface area contributed by atoms with Crippen LogP contribution in [0.25, 0.3) is 16.7 Å². The van der Waals surface area contributed by atoms with E-state index in [1.807, 2.05) is 60.9 Å². The molecule has 0 atom stereocenters. The molecule has 0 amide bonds. The van der Waals surface area contributed by atoms with E-state index in [1.165, 1.54) is 0 Å². The zero-order chi connectivity index (χ0) is 15.0. The van der Waals surface area contributed by atoms with Gasteiger partial charge in [-0.25, -0.2) is 4.98 Å². The summed E-state index contributed by atoms with van der Waals surface area (Å²) >= 11 is 3.49. The molecule has 0 aliphatic carbocycles. The number of aromatic nitrogens is 2. The smallest absolute Gasteiger partial charge is 0.205 e. The Hall–Kier alpha value is -2.01. The quantitative estimate of drug-likeness (QED) is 0.775. The zero-order valence-corrected chi connectivity index (χ0v) is 13.5. The number of nitrogens with two attached hydrogens (primary N) is 1. The highest BCUT2D eigenvalue weighted by molar-refractivity contribution is 9.10. The van der Waals surface area contributed by atoms with Crippen LogP contribution in [-0.4, -0.2) is 15.7 Å². The van der Waals surface area contributed by atoms with Gasteiger partial charge in [0.1, 0.15) is 5.75 Å². The molecular formula is C16H16BrN3O. The molecule has 1 heterocycles. The number of hydrogen-bond donors (Lipinski definition) is 1. The van der Waals surface area contributed by atoms with E-state index < -0.39 is 0 Å². The predicted octanol–water partition coefficient (Wildman–Crippen LogP) is 4.16. The lowest BCUT2D eigenvalue weighted by Crippen LogP contribution is -2.05. The summed E-state index contributed by atoms with van der Waals surface area (Å²) in [5, 5.41) is 0. The molecule has 0 bridgehead atoms. The predicted molar refractivity (Wildman–Crippen MR) is 88.9 cm³/mol. The highest BCUT2D eigenvalue weighted by atomic mass is 79.9. The van der Waals surface area contributed by atoms with Crippen LogP contribution in [-0.2, 0) is 0 Å². The van der Waals surface area contributed by atoms with Gasteiger partial charge in [0.25, 0.3) is 0 Å². The minimum atomic E-state index is 0.158. The highest BCUT2D eigenvalue weighted by Gasteiger charge is 2.10. The molecule has 0 aliphatic rings. The first-order chi connectivity index (χ1) is 10.0. The summed E-state index contributed by atoms with van der Waals surface area (Å²) in [4.78, 5) is 4.39. The molecule has 3 rings (SSSR count). The number of rotatable bonds is 3. The molecule has 0 saturated heterocycles. The fraction of sp³-hybridized carbons (Fsp3) is 0.188. The summed E-state index contributed by atoms with van der Waals surface area (Å²) in [5.41, 5.74) is 8.87. The Labute approximate surface area is 131 Å². The lowest BCUT2D eigenvalue weighted by Gasteiger charge is -2.11. The molecule has 0 spiro atoms. The average molecular weight is 346 g/mol. The fourth-order valence-electron chi connectivity index (χ4n) is 2.28. The van der Waals surface area contributed by atoms with E-state index in [9.17, 15) is 0 Å². The maximum absolute atomic E-state index is 6.06. The van der Waals surface area contributed by atoms with Crippen LogP contribution in [0.1, 0.15) is 13.8 Å². The van der Waals surface area contributed by atoms with E-state index in [1.54, 1.807) is 0 Å². The monoisotopic (exact) mass is 345 g/mol. The van der Waals surface area contributed by atoms with Crippen molar-refractivity contribution in [3.63, 3.8) is 0 Å². The van der Waals surface area contributed by atoms with Gasteiger partial charge < -0.3 is 10.5 Å². The Morgan fingerprint density at radius 2 is 1.86 bits per heavy atom. The van der Waals surface area contributed by atoms with Crippen LogP contribution in [0, 0.1) is 0 Å². The summed E-state index contributed by atoms with van der Waals surface area (Å²) in [5.74, 6) is 1.32. The van der Waals surface area contributed by atoms with Crippen molar-refractivity contribution < 1.29 is 4.74 Å². The van der Waals surface area contributed by atoms with Crippen LogP contribution in [0.4, 0.5) is 5.95 Å². The largest absolute Gasteiger partial charge is 0.491 e. The topological polar surface area (TPSA) is 53.1 Å². The van der Waals surface area contributed by atoms with Gasteiger partial charge >= 0.3 is 0 Å². The lowest BCUT2D eigenvalue weighted by molar-refractivity contribution is 0.242. The Balaban J connectivity index is 2.07. The van der Waals surface area contributed by atoms with Crippen molar-refractivity contribution >= 4 is 32.9 Å². The molecule has 21 heavy (non-hydrogen) atoms. The van der Waals surface area contributed by atoms with Crippen molar-refractivity contribution in [1.29, 1.82) is 0 Å². The van der Waals surface area contributed by atoms with E-state index in [-0.39, 0.29) is 6.10 Å². The molecule has 3 aromatic rings. The summed E-state index contributed by atoms with van der Waals surface area (Å²) in [6, 6.07) is 13.8. The Morgan fingerprint density at radius 3 is 2.52 bits per heavy atom. The van der Waals surface area contributed by atoms with Crippen LogP contribution in [0.15, 0.2) is 46.9 Å². The summed E-state index contributed by atoms with van der Waals surface area (Å²) < 4.78 is 8.59. The second kappa shape index (κ2) is 5.41. The highest BCUT2D eigenvalue weighted by Crippen LogP contribution is 2.27. The zero-order valence-electron chi connectivity index (χ0n) is 11.9. The van der Waals surface area contributed by atoms with E-state index in [4.69, 9.17) is 10.5 Å². The van der Waals surface area contributed by atoms with Crippen LogP contribution in [0.2, 0.25) is 0 Å². The van der Waals surface area contributed by atoms with Gasteiger partial charge in [0, 0.05) is 10.2 Å². The van der Waals surface area contributed by atoms with Crippen molar-refractivity contribution in [2.45, 2.75) is 20.0 Å². The van der Waals surface area contributed by atoms with Gasteiger partial charge in [-0.15, -0.1) is 0 Å². The molecule has 0 saturated carbocycles. The first kappa shape index (κ1) is 13.9. The minimum Gasteiger partial charge on any atom is -0.491 e. The van der Waals surface area contributed by atoms with Gasteiger partial charge in [0.05, 0.1) is 17.1 Å². The molecule has 2 N–H and O–H groups in total. The summed E-state index contributed by atoms with van der Waals surface area (Å²) in [6.07, 6.45) is 0.158. The Morgan fingerprint density at radius 1 is 1.14 bits per heavy atom. The SMILES string of the molecule is CC(C)Oc1ccc(-n2c(N)nc3ccc(Br)cc32)cc1. The van der Waals surface area contributed by atoms with Gasteiger partial charge in [0.15, 0.2) is 0 Å². The number of halogens is 1. The van der Waals surface area contributed by atoms with Crippen LogP contribution >= 0.6 is 15.9 Å². The third-order valence-corrected chi connectivity index (χ3v) is 3.60.